The van der Waals surface area contributed by atoms with E-state index >= 15 is 0 Å². The van der Waals surface area contributed by atoms with Crippen LogP contribution in [0.1, 0.15) is 32.8 Å². The smallest absolute Gasteiger partial charge is 0.124 e. The fraction of sp³-hybridized carbons (Fsp3) is 0.647. The van der Waals surface area contributed by atoms with Crippen LogP contribution >= 0.6 is 0 Å². The topological polar surface area (TPSA) is 50.7 Å². The predicted molar refractivity (Wildman–Crippen MR) is 82.6 cm³/mol. The number of hydrogen-bond acceptors (Lipinski definition) is 4. The number of hydrogen-bond donors (Lipinski definition) is 2. The number of fused-ring (bicyclic) bond motifs is 1. The van der Waals surface area contributed by atoms with E-state index in [-0.39, 0.29) is 12.0 Å². The Balaban J connectivity index is 1.76. The summed E-state index contributed by atoms with van der Waals surface area (Å²) < 4.78 is 11.4. The third-order valence-corrected chi connectivity index (χ3v) is 4.95. The Morgan fingerprint density at radius 1 is 1.43 bits per heavy atom. The van der Waals surface area contributed by atoms with Crippen molar-refractivity contribution in [3.05, 3.63) is 23.8 Å². The molecule has 1 saturated heterocycles. The average molecular weight is 291 g/mol. The van der Waals surface area contributed by atoms with Gasteiger partial charge in [-0.2, -0.15) is 0 Å². The van der Waals surface area contributed by atoms with E-state index in [1.807, 2.05) is 25.1 Å². The molecule has 1 aromatic carbocycles. The molecule has 1 aliphatic heterocycles. The van der Waals surface area contributed by atoms with Crippen molar-refractivity contribution < 1.29 is 14.6 Å². The Hall–Kier alpha value is -1.26. The van der Waals surface area contributed by atoms with Crippen molar-refractivity contribution in [1.82, 2.24) is 0 Å². The van der Waals surface area contributed by atoms with E-state index in [0.717, 1.165) is 30.0 Å². The van der Waals surface area contributed by atoms with Gasteiger partial charge in [-0.25, -0.2) is 0 Å². The van der Waals surface area contributed by atoms with E-state index in [9.17, 15) is 5.11 Å². The first-order chi connectivity index (χ1) is 10.1. The Kier molecular flexibility index (Phi) is 3.84. The van der Waals surface area contributed by atoms with Crippen molar-refractivity contribution in [2.45, 2.75) is 45.9 Å². The largest absolute Gasteiger partial charge is 0.494 e. The summed E-state index contributed by atoms with van der Waals surface area (Å²) in [6.45, 7) is 7.95. The zero-order valence-corrected chi connectivity index (χ0v) is 13.1. The Bertz CT molecular complexity index is 515. The highest BCUT2D eigenvalue weighted by Crippen LogP contribution is 2.53. The van der Waals surface area contributed by atoms with Crippen LogP contribution in [0, 0.1) is 11.3 Å². The standard InChI is InChI=1S/C17H25NO3/c1-4-20-14-6-5-12(9-11(14)10-19)18-15-13-7-8-21-16(13)17(15,2)3/h5-6,9,13,15-16,18-19H,4,7-8,10H2,1-3H3. The minimum Gasteiger partial charge on any atom is -0.494 e. The molecule has 2 N–H and O–H groups in total. The fourth-order valence-electron chi connectivity index (χ4n) is 3.89. The minimum atomic E-state index is -0.00588. The second-order valence-electron chi connectivity index (χ2n) is 6.60. The summed E-state index contributed by atoms with van der Waals surface area (Å²) >= 11 is 0. The number of aliphatic hydroxyl groups is 1. The zero-order valence-electron chi connectivity index (χ0n) is 13.1. The van der Waals surface area contributed by atoms with Gasteiger partial charge in [0.1, 0.15) is 5.75 Å². The first kappa shape index (κ1) is 14.7. The maximum Gasteiger partial charge on any atom is 0.124 e. The summed E-state index contributed by atoms with van der Waals surface area (Å²) in [7, 11) is 0. The molecule has 3 unspecified atom stereocenters. The molecule has 116 valence electrons. The molecule has 1 saturated carbocycles. The van der Waals surface area contributed by atoms with E-state index in [0.29, 0.717) is 24.7 Å². The molecule has 0 radical (unpaired) electrons. The van der Waals surface area contributed by atoms with Gasteiger partial charge in [-0.3, -0.25) is 0 Å². The molecular weight excluding hydrogens is 266 g/mol. The first-order valence-corrected chi connectivity index (χ1v) is 7.82. The lowest BCUT2D eigenvalue weighted by atomic mass is 9.57. The van der Waals surface area contributed by atoms with Gasteiger partial charge in [-0.1, -0.05) is 13.8 Å². The highest BCUT2D eigenvalue weighted by Gasteiger charge is 2.59. The molecule has 1 aromatic rings. The number of benzene rings is 1. The predicted octanol–water partition coefficient (Wildman–Crippen LogP) is 2.80. The number of nitrogens with one attached hydrogen (secondary N) is 1. The zero-order chi connectivity index (χ0) is 15.0. The second kappa shape index (κ2) is 5.50. The Morgan fingerprint density at radius 2 is 2.24 bits per heavy atom. The molecule has 0 amide bonds. The van der Waals surface area contributed by atoms with Gasteiger partial charge in [0, 0.05) is 35.2 Å². The van der Waals surface area contributed by atoms with Gasteiger partial charge in [0.25, 0.3) is 0 Å². The van der Waals surface area contributed by atoms with Crippen molar-refractivity contribution >= 4 is 5.69 Å². The maximum absolute atomic E-state index is 9.50. The number of ether oxygens (including phenoxy) is 2. The van der Waals surface area contributed by atoms with Crippen LogP contribution in [0.5, 0.6) is 5.75 Å². The lowest BCUT2D eigenvalue weighted by molar-refractivity contribution is -0.0923. The summed E-state index contributed by atoms with van der Waals surface area (Å²) in [6.07, 6.45) is 1.52. The van der Waals surface area contributed by atoms with E-state index in [1.54, 1.807) is 0 Å². The molecular formula is C17H25NO3. The van der Waals surface area contributed by atoms with E-state index in [4.69, 9.17) is 9.47 Å². The van der Waals surface area contributed by atoms with Gasteiger partial charge in [0.15, 0.2) is 0 Å². The summed E-state index contributed by atoms with van der Waals surface area (Å²) in [5, 5.41) is 13.1. The Labute approximate surface area is 126 Å². The van der Waals surface area contributed by atoms with E-state index in [2.05, 4.69) is 19.2 Å². The van der Waals surface area contributed by atoms with Crippen LogP contribution in [0.2, 0.25) is 0 Å². The van der Waals surface area contributed by atoms with Crippen molar-refractivity contribution in [2.24, 2.45) is 11.3 Å². The molecule has 2 aliphatic rings. The SMILES string of the molecule is CCOc1ccc(NC2C3CCOC3C2(C)C)cc1CO. The second-order valence-corrected chi connectivity index (χ2v) is 6.60. The molecule has 2 fully saturated rings. The van der Waals surface area contributed by atoms with Gasteiger partial charge in [-0.05, 0) is 31.5 Å². The van der Waals surface area contributed by atoms with Crippen molar-refractivity contribution in [1.29, 1.82) is 0 Å². The molecule has 4 heteroatoms. The van der Waals surface area contributed by atoms with Crippen molar-refractivity contribution in [2.75, 3.05) is 18.5 Å². The van der Waals surface area contributed by atoms with E-state index in [1.165, 1.54) is 0 Å². The minimum absolute atomic E-state index is 0.00588. The van der Waals surface area contributed by atoms with Crippen LogP contribution in [0.25, 0.3) is 0 Å². The van der Waals surface area contributed by atoms with Crippen LogP contribution in [0.3, 0.4) is 0 Å². The molecule has 0 aromatic heterocycles. The van der Waals surface area contributed by atoms with Crippen molar-refractivity contribution in [3.63, 3.8) is 0 Å². The summed E-state index contributed by atoms with van der Waals surface area (Å²) in [6, 6.07) is 6.38. The summed E-state index contributed by atoms with van der Waals surface area (Å²) in [5.41, 5.74) is 2.03. The molecule has 0 spiro atoms. The fourth-order valence-corrected chi connectivity index (χ4v) is 3.89. The highest BCUT2D eigenvalue weighted by molar-refractivity contribution is 5.52. The Morgan fingerprint density at radius 3 is 2.95 bits per heavy atom. The van der Waals surface area contributed by atoms with Gasteiger partial charge in [0.05, 0.1) is 19.3 Å². The van der Waals surface area contributed by atoms with E-state index < -0.39 is 0 Å². The average Bonchev–Trinajstić information content (AvgIpc) is 2.93. The molecule has 1 heterocycles. The molecule has 3 rings (SSSR count). The molecule has 3 atom stereocenters. The molecule has 0 bridgehead atoms. The third-order valence-electron chi connectivity index (χ3n) is 4.95. The molecule has 1 aliphatic carbocycles. The van der Waals surface area contributed by atoms with Crippen LogP contribution < -0.4 is 10.1 Å². The third kappa shape index (κ3) is 2.40. The normalized spacial score (nSPS) is 29.6. The lowest BCUT2D eigenvalue weighted by Crippen LogP contribution is -2.63. The van der Waals surface area contributed by atoms with Crippen LogP contribution in [0.15, 0.2) is 18.2 Å². The monoisotopic (exact) mass is 291 g/mol. The quantitative estimate of drug-likeness (QED) is 0.876. The van der Waals surface area contributed by atoms with Crippen molar-refractivity contribution in [3.8, 4) is 5.75 Å². The molecule has 21 heavy (non-hydrogen) atoms. The van der Waals surface area contributed by atoms with Crippen LogP contribution in [-0.4, -0.2) is 30.5 Å². The molecule has 4 nitrogen and oxygen atoms in total. The number of anilines is 1. The lowest BCUT2D eigenvalue weighted by Gasteiger charge is -2.55. The maximum atomic E-state index is 9.50. The first-order valence-electron chi connectivity index (χ1n) is 7.82. The van der Waals surface area contributed by atoms with Gasteiger partial charge >= 0.3 is 0 Å². The number of rotatable bonds is 5. The highest BCUT2D eigenvalue weighted by atomic mass is 16.5. The van der Waals surface area contributed by atoms with Gasteiger partial charge in [0.2, 0.25) is 0 Å². The number of aliphatic hydroxyl groups excluding tert-OH is 1. The summed E-state index contributed by atoms with van der Waals surface area (Å²) in [4.78, 5) is 0. The van der Waals surface area contributed by atoms with Gasteiger partial charge in [-0.15, -0.1) is 0 Å². The van der Waals surface area contributed by atoms with Crippen LogP contribution in [0.4, 0.5) is 5.69 Å². The summed E-state index contributed by atoms with van der Waals surface area (Å²) in [5.74, 6) is 1.37. The van der Waals surface area contributed by atoms with Crippen LogP contribution in [-0.2, 0) is 11.3 Å². The van der Waals surface area contributed by atoms with Gasteiger partial charge < -0.3 is 19.9 Å².